The van der Waals surface area contributed by atoms with Gasteiger partial charge in [-0.2, -0.15) is 0 Å². The summed E-state index contributed by atoms with van der Waals surface area (Å²) in [4.78, 5) is 11.0. The summed E-state index contributed by atoms with van der Waals surface area (Å²) in [6.07, 6.45) is 0.378. The lowest BCUT2D eigenvalue weighted by Gasteiger charge is -2.18. The Labute approximate surface area is 153 Å². The molecule has 0 unspecified atom stereocenters. The van der Waals surface area contributed by atoms with Crippen molar-refractivity contribution in [2.24, 2.45) is 0 Å². The van der Waals surface area contributed by atoms with E-state index in [0.717, 1.165) is 28.4 Å². The summed E-state index contributed by atoms with van der Waals surface area (Å²) >= 11 is 0. The second kappa shape index (κ2) is 7.91. The molecule has 4 nitrogen and oxygen atoms in total. The highest BCUT2D eigenvalue weighted by Crippen LogP contribution is 2.32. The van der Waals surface area contributed by atoms with Gasteiger partial charge in [-0.1, -0.05) is 42.0 Å². The van der Waals surface area contributed by atoms with Crippen molar-refractivity contribution >= 4 is 5.97 Å². The van der Waals surface area contributed by atoms with Crippen molar-refractivity contribution in [1.82, 2.24) is 4.57 Å². The molecular formula is C22H22NO3-. The van der Waals surface area contributed by atoms with Crippen LogP contribution in [0.3, 0.4) is 0 Å². The number of hydrogen-bond donors (Lipinski definition) is 0. The third-order valence-electron chi connectivity index (χ3n) is 4.30. The molecule has 0 saturated carbocycles. The van der Waals surface area contributed by atoms with Crippen molar-refractivity contribution in [3.63, 3.8) is 0 Å². The molecule has 0 spiro atoms. The van der Waals surface area contributed by atoms with Gasteiger partial charge in [-0.3, -0.25) is 0 Å². The van der Waals surface area contributed by atoms with Crippen molar-refractivity contribution in [2.45, 2.75) is 26.7 Å². The van der Waals surface area contributed by atoms with E-state index in [2.05, 4.69) is 35.8 Å². The predicted molar refractivity (Wildman–Crippen MR) is 100 cm³/mol. The molecule has 0 atom stereocenters. The lowest BCUT2D eigenvalue weighted by molar-refractivity contribution is -0.305. The van der Waals surface area contributed by atoms with Gasteiger partial charge in [0, 0.05) is 11.7 Å². The van der Waals surface area contributed by atoms with Gasteiger partial charge in [0.05, 0.1) is 18.0 Å². The number of hydrogen-bond acceptors (Lipinski definition) is 3. The number of para-hydroxylation sites is 2. The largest absolute Gasteiger partial charge is 0.550 e. The summed E-state index contributed by atoms with van der Waals surface area (Å²) in [5.74, 6) is -0.276. The normalized spacial score (nSPS) is 10.7. The van der Waals surface area contributed by atoms with E-state index in [-0.39, 0.29) is 6.42 Å². The van der Waals surface area contributed by atoms with E-state index in [1.54, 1.807) is 0 Å². The van der Waals surface area contributed by atoms with Crippen LogP contribution in [0.2, 0.25) is 0 Å². The first-order valence-electron chi connectivity index (χ1n) is 8.80. The molecular weight excluding hydrogens is 326 g/mol. The smallest absolute Gasteiger partial charge is 0.143 e. The van der Waals surface area contributed by atoms with Gasteiger partial charge in [0.1, 0.15) is 5.75 Å². The number of benzene rings is 2. The van der Waals surface area contributed by atoms with Crippen molar-refractivity contribution in [2.75, 3.05) is 6.61 Å². The van der Waals surface area contributed by atoms with Gasteiger partial charge < -0.3 is 19.2 Å². The number of nitrogens with zero attached hydrogens (tertiary/aromatic N) is 1. The van der Waals surface area contributed by atoms with E-state index in [4.69, 9.17) is 4.74 Å². The van der Waals surface area contributed by atoms with Crippen LogP contribution in [0.15, 0.2) is 60.7 Å². The highest BCUT2D eigenvalue weighted by atomic mass is 16.5. The maximum Gasteiger partial charge on any atom is 0.143 e. The molecule has 0 aliphatic carbocycles. The molecule has 0 amide bonds. The fourth-order valence-electron chi connectivity index (χ4n) is 3.06. The number of aromatic nitrogens is 1. The van der Waals surface area contributed by atoms with Crippen LogP contribution < -0.4 is 9.84 Å². The van der Waals surface area contributed by atoms with Crippen LogP contribution in [0.1, 0.15) is 24.6 Å². The minimum atomic E-state index is -1.05. The Morgan fingerprint density at radius 1 is 1.04 bits per heavy atom. The fraction of sp³-hybridized carbons (Fsp3) is 0.227. The fourth-order valence-corrected chi connectivity index (χ4v) is 3.06. The van der Waals surface area contributed by atoms with Gasteiger partial charge >= 0.3 is 0 Å². The molecule has 26 heavy (non-hydrogen) atoms. The van der Waals surface area contributed by atoms with Crippen molar-refractivity contribution in [3.05, 3.63) is 71.9 Å². The van der Waals surface area contributed by atoms with E-state index in [1.807, 2.05) is 43.3 Å². The van der Waals surface area contributed by atoms with Crippen LogP contribution in [-0.2, 0) is 11.2 Å². The van der Waals surface area contributed by atoms with Crippen LogP contribution in [0, 0.1) is 6.92 Å². The summed E-state index contributed by atoms with van der Waals surface area (Å²) in [5, 5.41) is 11.0. The number of carbonyl (C=O) groups is 1. The highest BCUT2D eigenvalue weighted by Gasteiger charge is 2.15. The molecule has 2 aromatic carbocycles. The van der Waals surface area contributed by atoms with E-state index >= 15 is 0 Å². The van der Waals surface area contributed by atoms with Crippen molar-refractivity contribution in [3.8, 4) is 22.7 Å². The van der Waals surface area contributed by atoms with Crippen LogP contribution in [0.25, 0.3) is 16.9 Å². The maximum absolute atomic E-state index is 11.0. The third kappa shape index (κ3) is 3.80. The zero-order valence-corrected chi connectivity index (χ0v) is 15.1. The summed E-state index contributed by atoms with van der Waals surface area (Å²) in [6, 6.07) is 20.1. The third-order valence-corrected chi connectivity index (χ3v) is 4.30. The standard InChI is InChI=1S/C22H23NO3/c1-3-26-21-7-5-4-6-20(21)23-18(13-15-22(24)25)12-14-19(23)17-10-8-16(2)9-11-17/h4-12,14H,3,13,15H2,1-2H3,(H,24,25)/p-1. The first kappa shape index (κ1) is 17.8. The average Bonchev–Trinajstić information content (AvgIpc) is 3.05. The molecule has 0 bridgehead atoms. The average molecular weight is 348 g/mol. The Morgan fingerprint density at radius 3 is 2.46 bits per heavy atom. The Bertz CT molecular complexity index is 894. The molecule has 0 aliphatic heterocycles. The minimum Gasteiger partial charge on any atom is -0.550 e. The number of aliphatic carboxylic acids is 1. The van der Waals surface area contributed by atoms with Crippen molar-refractivity contribution < 1.29 is 14.6 Å². The second-order valence-electron chi connectivity index (χ2n) is 6.18. The maximum atomic E-state index is 11.0. The number of carbonyl (C=O) groups excluding carboxylic acids is 1. The van der Waals surface area contributed by atoms with Gasteiger partial charge in [-0.15, -0.1) is 0 Å². The molecule has 134 valence electrons. The number of rotatable bonds is 7. The topological polar surface area (TPSA) is 54.3 Å². The van der Waals surface area contributed by atoms with Crippen molar-refractivity contribution in [1.29, 1.82) is 0 Å². The van der Waals surface area contributed by atoms with E-state index in [9.17, 15) is 9.90 Å². The number of aryl methyl sites for hydroxylation is 2. The van der Waals surface area contributed by atoms with Gasteiger partial charge in [0.25, 0.3) is 0 Å². The summed E-state index contributed by atoms with van der Waals surface area (Å²) < 4.78 is 7.88. The Hall–Kier alpha value is -3.01. The van der Waals surface area contributed by atoms with Crippen LogP contribution in [0.4, 0.5) is 0 Å². The Morgan fingerprint density at radius 2 is 1.77 bits per heavy atom. The minimum absolute atomic E-state index is 0.0197. The predicted octanol–water partition coefficient (Wildman–Crippen LogP) is 3.53. The van der Waals surface area contributed by atoms with E-state index in [0.29, 0.717) is 13.0 Å². The zero-order chi connectivity index (χ0) is 18.5. The number of carboxylic acids is 1. The Balaban J connectivity index is 2.15. The molecule has 0 N–H and O–H groups in total. The van der Waals surface area contributed by atoms with Gasteiger partial charge in [0.15, 0.2) is 0 Å². The molecule has 3 aromatic rings. The highest BCUT2D eigenvalue weighted by molar-refractivity contribution is 5.68. The first-order chi connectivity index (χ1) is 12.6. The lowest BCUT2D eigenvalue weighted by Crippen LogP contribution is -2.22. The first-order valence-corrected chi connectivity index (χ1v) is 8.80. The summed E-state index contributed by atoms with van der Waals surface area (Å²) in [5.41, 5.74) is 5.09. The SMILES string of the molecule is CCOc1ccccc1-n1c(CCC(=O)[O-])ccc1-c1ccc(C)cc1. The molecule has 1 heterocycles. The molecule has 0 radical (unpaired) electrons. The molecule has 3 rings (SSSR count). The molecule has 0 saturated heterocycles. The lowest BCUT2D eigenvalue weighted by atomic mass is 10.1. The molecule has 4 heteroatoms. The monoisotopic (exact) mass is 348 g/mol. The van der Waals surface area contributed by atoms with E-state index in [1.165, 1.54) is 5.56 Å². The Kier molecular flexibility index (Phi) is 5.42. The number of ether oxygens (including phenoxy) is 1. The quantitative estimate of drug-likeness (QED) is 0.656. The zero-order valence-electron chi connectivity index (χ0n) is 15.1. The van der Waals surface area contributed by atoms with Crippen LogP contribution >= 0.6 is 0 Å². The summed E-state index contributed by atoms with van der Waals surface area (Å²) in [7, 11) is 0. The van der Waals surface area contributed by atoms with Crippen LogP contribution in [-0.4, -0.2) is 17.1 Å². The summed E-state index contributed by atoms with van der Waals surface area (Å²) in [6.45, 7) is 4.56. The van der Waals surface area contributed by atoms with Crippen LogP contribution in [0.5, 0.6) is 5.75 Å². The molecule has 1 aromatic heterocycles. The van der Waals surface area contributed by atoms with Gasteiger partial charge in [0.2, 0.25) is 0 Å². The number of carboxylic acid groups (broad SMARTS) is 1. The molecule has 0 aliphatic rings. The second-order valence-corrected chi connectivity index (χ2v) is 6.18. The molecule has 0 fully saturated rings. The van der Waals surface area contributed by atoms with Gasteiger partial charge in [-0.25, -0.2) is 0 Å². The van der Waals surface area contributed by atoms with Gasteiger partial charge in [-0.05, 0) is 56.5 Å². The van der Waals surface area contributed by atoms with E-state index < -0.39 is 5.97 Å².